The van der Waals surface area contributed by atoms with Crippen molar-refractivity contribution in [3.05, 3.63) is 17.3 Å². The van der Waals surface area contributed by atoms with Crippen LogP contribution >= 0.6 is 11.3 Å². The van der Waals surface area contributed by atoms with Gasteiger partial charge in [-0.3, -0.25) is 4.79 Å². The number of nitrogens with two attached hydrogens (primary N) is 1. The zero-order chi connectivity index (χ0) is 14.1. The maximum Gasteiger partial charge on any atom is 0.266 e. The van der Waals surface area contributed by atoms with Crippen molar-refractivity contribution in [2.75, 3.05) is 18.8 Å². The standard InChI is InChI=1S/C14H18N4OS/c1-2-9-3-7-18(8-4-9)14(19)12-10(15)11-13(20-12)17-6-5-16-11/h5-6,9H,2-4,7-8,15H2,1H3. The first-order chi connectivity index (χ1) is 9.70. The van der Waals surface area contributed by atoms with E-state index in [1.54, 1.807) is 12.4 Å². The number of anilines is 1. The van der Waals surface area contributed by atoms with E-state index >= 15 is 0 Å². The second-order valence-corrected chi connectivity index (χ2v) is 6.20. The van der Waals surface area contributed by atoms with Crippen molar-refractivity contribution in [1.82, 2.24) is 14.9 Å². The van der Waals surface area contributed by atoms with Crippen LogP contribution in [-0.4, -0.2) is 33.9 Å². The minimum absolute atomic E-state index is 0.0295. The van der Waals surface area contributed by atoms with E-state index in [0.717, 1.165) is 36.7 Å². The van der Waals surface area contributed by atoms with Crippen LogP contribution in [0.3, 0.4) is 0 Å². The summed E-state index contributed by atoms with van der Waals surface area (Å²) in [5, 5.41) is 0. The predicted molar refractivity (Wildman–Crippen MR) is 80.7 cm³/mol. The molecule has 106 valence electrons. The van der Waals surface area contributed by atoms with E-state index in [-0.39, 0.29) is 5.91 Å². The summed E-state index contributed by atoms with van der Waals surface area (Å²) in [5.41, 5.74) is 7.18. The van der Waals surface area contributed by atoms with Crippen LogP contribution in [0.15, 0.2) is 12.4 Å². The molecule has 0 saturated carbocycles. The monoisotopic (exact) mass is 290 g/mol. The Kier molecular flexibility index (Phi) is 3.56. The quantitative estimate of drug-likeness (QED) is 0.922. The minimum Gasteiger partial charge on any atom is -0.396 e. The summed E-state index contributed by atoms with van der Waals surface area (Å²) in [6.07, 6.45) is 6.60. The van der Waals surface area contributed by atoms with Gasteiger partial charge < -0.3 is 10.6 Å². The molecular weight excluding hydrogens is 272 g/mol. The molecule has 3 heterocycles. The summed E-state index contributed by atoms with van der Waals surface area (Å²) >= 11 is 1.34. The first kappa shape index (κ1) is 13.3. The average molecular weight is 290 g/mol. The van der Waals surface area contributed by atoms with E-state index in [4.69, 9.17) is 5.73 Å². The molecule has 6 heteroatoms. The van der Waals surface area contributed by atoms with Gasteiger partial charge in [-0.15, -0.1) is 11.3 Å². The van der Waals surface area contributed by atoms with Crippen molar-refractivity contribution in [2.45, 2.75) is 26.2 Å². The number of likely N-dealkylation sites (tertiary alicyclic amines) is 1. The molecule has 1 fully saturated rings. The van der Waals surface area contributed by atoms with Gasteiger partial charge in [0, 0.05) is 25.5 Å². The average Bonchev–Trinajstić information content (AvgIpc) is 2.84. The van der Waals surface area contributed by atoms with Crippen molar-refractivity contribution in [1.29, 1.82) is 0 Å². The maximum atomic E-state index is 12.6. The van der Waals surface area contributed by atoms with Crippen LogP contribution in [0.5, 0.6) is 0 Å². The Morgan fingerprint density at radius 3 is 2.75 bits per heavy atom. The third-order valence-corrected chi connectivity index (χ3v) is 5.13. The third kappa shape index (κ3) is 2.24. The lowest BCUT2D eigenvalue weighted by Gasteiger charge is -2.31. The lowest BCUT2D eigenvalue weighted by Crippen LogP contribution is -2.38. The highest BCUT2D eigenvalue weighted by Crippen LogP contribution is 2.32. The number of hydrogen-bond acceptors (Lipinski definition) is 5. The maximum absolute atomic E-state index is 12.6. The molecule has 0 atom stereocenters. The molecule has 0 bridgehead atoms. The molecule has 1 saturated heterocycles. The first-order valence-electron chi connectivity index (χ1n) is 6.99. The molecule has 1 aliphatic heterocycles. The summed E-state index contributed by atoms with van der Waals surface area (Å²) in [4.78, 5) is 24.2. The molecule has 2 N–H and O–H groups in total. The van der Waals surface area contributed by atoms with Gasteiger partial charge in [0.25, 0.3) is 5.91 Å². The Morgan fingerprint density at radius 2 is 2.10 bits per heavy atom. The number of nitrogens with zero attached hydrogens (tertiary/aromatic N) is 3. The van der Waals surface area contributed by atoms with Gasteiger partial charge in [-0.1, -0.05) is 13.3 Å². The molecule has 0 spiro atoms. The summed E-state index contributed by atoms with van der Waals surface area (Å²) in [7, 11) is 0. The van der Waals surface area contributed by atoms with Gasteiger partial charge in [0.15, 0.2) is 0 Å². The normalized spacial score (nSPS) is 16.8. The van der Waals surface area contributed by atoms with Gasteiger partial charge in [0.05, 0.1) is 5.69 Å². The van der Waals surface area contributed by atoms with Crippen LogP contribution in [0.4, 0.5) is 5.69 Å². The number of thiophene rings is 1. The van der Waals surface area contributed by atoms with Crippen LogP contribution in [0, 0.1) is 5.92 Å². The molecule has 3 rings (SSSR count). The fourth-order valence-electron chi connectivity index (χ4n) is 2.69. The third-order valence-electron chi connectivity index (χ3n) is 4.04. The van der Waals surface area contributed by atoms with Crippen LogP contribution in [0.25, 0.3) is 10.3 Å². The van der Waals surface area contributed by atoms with Crippen molar-refractivity contribution in [3.63, 3.8) is 0 Å². The summed E-state index contributed by atoms with van der Waals surface area (Å²) < 4.78 is 0. The van der Waals surface area contributed by atoms with Crippen LogP contribution in [0.2, 0.25) is 0 Å². The SMILES string of the molecule is CCC1CCN(C(=O)c2sc3nccnc3c2N)CC1. The van der Waals surface area contributed by atoms with Gasteiger partial charge >= 0.3 is 0 Å². The van der Waals surface area contributed by atoms with Crippen LogP contribution in [-0.2, 0) is 0 Å². The van der Waals surface area contributed by atoms with Gasteiger partial charge in [-0.05, 0) is 18.8 Å². The number of carbonyl (C=O) groups is 1. The van der Waals surface area contributed by atoms with Gasteiger partial charge in [0.1, 0.15) is 15.2 Å². The van der Waals surface area contributed by atoms with Gasteiger partial charge in [-0.2, -0.15) is 0 Å². The van der Waals surface area contributed by atoms with E-state index in [1.807, 2.05) is 4.90 Å². The molecule has 5 nitrogen and oxygen atoms in total. The second kappa shape index (κ2) is 5.36. The minimum atomic E-state index is 0.0295. The molecule has 20 heavy (non-hydrogen) atoms. The topological polar surface area (TPSA) is 72.1 Å². The number of nitrogen functional groups attached to an aromatic ring is 1. The van der Waals surface area contributed by atoms with Crippen LogP contribution in [0.1, 0.15) is 35.9 Å². The molecule has 0 unspecified atom stereocenters. The number of fused-ring (bicyclic) bond motifs is 1. The molecule has 1 amide bonds. The lowest BCUT2D eigenvalue weighted by atomic mass is 9.94. The number of aromatic nitrogens is 2. The zero-order valence-corrected chi connectivity index (χ0v) is 12.3. The van der Waals surface area contributed by atoms with Crippen molar-refractivity contribution < 1.29 is 4.79 Å². The highest BCUT2D eigenvalue weighted by atomic mass is 32.1. The van der Waals surface area contributed by atoms with Crippen molar-refractivity contribution >= 4 is 33.3 Å². The van der Waals surface area contributed by atoms with E-state index < -0.39 is 0 Å². The fraction of sp³-hybridized carbons (Fsp3) is 0.500. The van der Waals surface area contributed by atoms with E-state index in [1.165, 1.54) is 17.8 Å². The largest absolute Gasteiger partial charge is 0.396 e. The molecule has 2 aromatic rings. The molecular formula is C14H18N4OS. The number of piperidine rings is 1. The highest BCUT2D eigenvalue weighted by Gasteiger charge is 2.26. The molecule has 1 aliphatic rings. The van der Waals surface area contributed by atoms with Crippen molar-refractivity contribution in [3.8, 4) is 0 Å². The lowest BCUT2D eigenvalue weighted by molar-refractivity contribution is 0.0695. The number of carbonyl (C=O) groups excluding carboxylic acids is 1. The first-order valence-corrected chi connectivity index (χ1v) is 7.80. The predicted octanol–water partition coefficient (Wildman–Crippen LogP) is 2.54. The van der Waals surface area contributed by atoms with E-state index in [2.05, 4.69) is 16.9 Å². The highest BCUT2D eigenvalue weighted by molar-refractivity contribution is 7.21. The fourth-order valence-corrected chi connectivity index (χ4v) is 3.68. The Morgan fingerprint density at radius 1 is 1.40 bits per heavy atom. The smallest absolute Gasteiger partial charge is 0.266 e. The van der Waals surface area contributed by atoms with E-state index in [0.29, 0.717) is 16.1 Å². The Bertz CT molecular complexity index is 631. The van der Waals surface area contributed by atoms with Crippen LogP contribution < -0.4 is 5.73 Å². The molecule has 0 aliphatic carbocycles. The number of rotatable bonds is 2. The molecule has 0 aromatic carbocycles. The van der Waals surface area contributed by atoms with E-state index in [9.17, 15) is 4.79 Å². The Balaban J connectivity index is 1.84. The molecule has 2 aromatic heterocycles. The summed E-state index contributed by atoms with van der Waals surface area (Å²) in [6.45, 7) is 3.86. The zero-order valence-electron chi connectivity index (χ0n) is 11.5. The second-order valence-electron chi connectivity index (χ2n) is 5.20. The number of amides is 1. The Labute approximate surface area is 121 Å². The summed E-state index contributed by atoms with van der Waals surface area (Å²) in [6, 6.07) is 0. The van der Waals surface area contributed by atoms with Gasteiger partial charge in [-0.25, -0.2) is 9.97 Å². The van der Waals surface area contributed by atoms with Gasteiger partial charge in [0.2, 0.25) is 0 Å². The number of hydrogen-bond donors (Lipinski definition) is 1. The Hall–Kier alpha value is -1.69. The van der Waals surface area contributed by atoms with Crippen molar-refractivity contribution in [2.24, 2.45) is 5.92 Å². The molecule has 0 radical (unpaired) electrons. The summed E-state index contributed by atoms with van der Waals surface area (Å²) in [5.74, 6) is 0.781.